The zero-order valence-electron chi connectivity index (χ0n) is 9.84. The number of H-pyrrole nitrogens is 1. The summed E-state index contributed by atoms with van der Waals surface area (Å²) in [7, 11) is 0. The number of fused-ring (bicyclic) bond motifs is 1. The maximum Gasteiger partial charge on any atom is 0.307 e. The van der Waals surface area contributed by atoms with Crippen LogP contribution in [0.5, 0.6) is 0 Å². The maximum absolute atomic E-state index is 11.7. The quantitative estimate of drug-likeness (QED) is 0.752. The lowest BCUT2D eigenvalue weighted by atomic mass is 10.2. The van der Waals surface area contributed by atoms with Gasteiger partial charge in [-0.05, 0) is 30.3 Å². The van der Waals surface area contributed by atoms with Crippen molar-refractivity contribution in [3.63, 3.8) is 0 Å². The molecular formula is C14H10N2O2S. The second kappa shape index (κ2) is 4.70. The first-order valence-electron chi connectivity index (χ1n) is 5.72. The fraction of sp³-hybridized carbons (Fsp3) is 0. The van der Waals surface area contributed by atoms with Crippen LogP contribution in [-0.2, 0) is 0 Å². The molecule has 3 aromatic rings. The van der Waals surface area contributed by atoms with E-state index < -0.39 is 0 Å². The van der Waals surface area contributed by atoms with E-state index >= 15 is 0 Å². The van der Waals surface area contributed by atoms with Crippen molar-refractivity contribution in [2.45, 2.75) is 0 Å². The number of benzene rings is 2. The van der Waals surface area contributed by atoms with Gasteiger partial charge in [-0.3, -0.25) is 14.6 Å². The highest BCUT2D eigenvalue weighted by Crippen LogP contribution is 2.20. The van der Waals surface area contributed by atoms with E-state index in [-0.39, 0.29) is 10.4 Å². The van der Waals surface area contributed by atoms with Gasteiger partial charge < -0.3 is 5.32 Å². The van der Waals surface area contributed by atoms with Crippen LogP contribution < -0.4 is 15.7 Å². The third-order valence-corrected chi connectivity index (χ3v) is 3.57. The van der Waals surface area contributed by atoms with E-state index in [1.165, 1.54) is 0 Å². The third-order valence-electron chi connectivity index (χ3n) is 2.70. The number of aromatic nitrogens is 1. The smallest absolute Gasteiger partial charge is 0.307 e. The van der Waals surface area contributed by atoms with E-state index in [2.05, 4.69) is 10.3 Å². The number of nitrogens with one attached hydrogen (secondary N) is 2. The summed E-state index contributed by atoms with van der Waals surface area (Å²) in [4.78, 5) is 24.9. The molecule has 0 amide bonds. The van der Waals surface area contributed by atoms with E-state index in [1.54, 1.807) is 12.1 Å². The molecule has 5 heteroatoms. The van der Waals surface area contributed by atoms with Gasteiger partial charge in [0, 0.05) is 16.1 Å². The molecule has 0 fully saturated rings. The Balaban J connectivity index is 2.07. The highest BCUT2D eigenvalue weighted by molar-refractivity contribution is 7.15. The van der Waals surface area contributed by atoms with Gasteiger partial charge in [-0.25, -0.2) is 0 Å². The number of aromatic amines is 1. The molecule has 0 saturated heterocycles. The van der Waals surface area contributed by atoms with Crippen molar-refractivity contribution in [1.82, 2.24) is 4.98 Å². The van der Waals surface area contributed by atoms with Crippen molar-refractivity contribution in [1.29, 1.82) is 0 Å². The lowest BCUT2D eigenvalue weighted by Gasteiger charge is -2.06. The minimum absolute atomic E-state index is 0.332. The number of rotatable bonds is 2. The molecule has 1 aromatic heterocycles. The van der Waals surface area contributed by atoms with Gasteiger partial charge in [0.2, 0.25) is 0 Å². The van der Waals surface area contributed by atoms with E-state index in [0.717, 1.165) is 22.7 Å². The SMILES string of the molecule is O=c1[nH]c(=O)c2cc(Nc3ccccc3)ccc2s1. The molecule has 0 bridgehead atoms. The Bertz CT molecular complexity index is 837. The van der Waals surface area contributed by atoms with Crippen molar-refractivity contribution >= 4 is 32.8 Å². The second-order valence-electron chi connectivity index (χ2n) is 4.05. The zero-order chi connectivity index (χ0) is 13.2. The Morgan fingerprint density at radius 1 is 0.947 bits per heavy atom. The molecule has 0 spiro atoms. The molecule has 0 radical (unpaired) electrons. The van der Waals surface area contributed by atoms with Gasteiger partial charge in [-0.1, -0.05) is 29.5 Å². The Hall–Kier alpha value is -2.40. The van der Waals surface area contributed by atoms with Crippen LogP contribution in [0.3, 0.4) is 0 Å². The molecular weight excluding hydrogens is 260 g/mol. The summed E-state index contributed by atoms with van der Waals surface area (Å²) in [6.45, 7) is 0. The number of hydrogen-bond donors (Lipinski definition) is 2. The lowest BCUT2D eigenvalue weighted by molar-refractivity contribution is 1.25. The van der Waals surface area contributed by atoms with Gasteiger partial charge in [-0.15, -0.1) is 0 Å². The van der Waals surface area contributed by atoms with Crippen LogP contribution in [0.25, 0.3) is 10.1 Å². The third kappa shape index (κ3) is 2.41. The van der Waals surface area contributed by atoms with Crippen molar-refractivity contribution in [3.05, 3.63) is 68.6 Å². The predicted octanol–water partition coefficient (Wildman–Crippen LogP) is 2.69. The van der Waals surface area contributed by atoms with Crippen LogP contribution in [0.1, 0.15) is 0 Å². The van der Waals surface area contributed by atoms with Crippen molar-refractivity contribution in [2.75, 3.05) is 5.32 Å². The van der Waals surface area contributed by atoms with E-state index in [0.29, 0.717) is 10.1 Å². The van der Waals surface area contributed by atoms with Gasteiger partial charge in [0.05, 0.1) is 5.39 Å². The standard InChI is InChI=1S/C14H10N2O2S/c17-13-11-8-10(15-9-4-2-1-3-5-9)6-7-12(11)19-14(18)16-13/h1-8,15H,(H,16,17,18). The van der Waals surface area contributed by atoms with E-state index in [9.17, 15) is 9.59 Å². The van der Waals surface area contributed by atoms with Crippen LogP contribution >= 0.6 is 11.3 Å². The highest BCUT2D eigenvalue weighted by atomic mass is 32.1. The van der Waals surface area contributed by atoms with Gasteiger partial charge in [0.25, 0.3) is 5.56 Å². The fourth-order valence-electron chi connectivity index (χ4n) is 1.85. The summed E-state index contributed by atoms with van der Waals surface area (Å²) in [6, 6.07) is 15.1. The topological polar surface area (TPSA) is 62.0 Å². The number of anilines is 2. The monoisotopic (exact) mass is 270 g/mol. The molecule has 2 N–H and O–H groups in total. The van der Waals surface area contributed by atoms with Gasteiger partial charge >= 0.3 is 4.87 Å². The Kier molecular flexibility index (Phi) is 2.89. The molecule has 0 saturated carbocycles. The van der Waals surface area contributed by atoms with Crippen LogP contribution in [0.4, 0.5) is 11.4 Å². The minimum Gasteiger partial charge on any atom is -0.356 e. The zero-order valence-corrected chi connectivity index (χ0v) is 10.7. The molecule has 0 aliphatic heterocycles. The summed E-state index contributed by atoms with van der Waals surface area (Å²) in [6.07, 6.45) is 0. The maximum atomic E-state index is 11.7. The van der Waals surface area contributed by atoms with Crippen molar-refractivity contribution in [3.8, 4) is 0 Å². The molecule has 94 valence electrons. The van der Waals surface area contributed by atoms with Crippen LogP contribution in [0, 0.1) is 0 Å². The van der Waals surface area contributed by atoms with Crippen LogP contribution in [0.15, 0.2) is 58.1 Å². The summed E-state index contributed by atoms with van der Waals surface area (Å²) < 4.78 is 0.687. The first kappa shape index (κ1) is 11.7. The number of hydrogen-bond acceptors (Lipinski definition) is 4. The van der Waals surface area contributed by atoms with Gasteiger partial charge in [0.1, 0.15) is 0 Å². The summed E-state index contributed by atoms with van der Waals surface area (Å²) >= 11 is 1.03. The highest BCUT2D eigenvalue weighted by Gasteiger charge is 2.03. The lowest BCUT2D eigenvalue weighted by Crippen LogP contribution is -2.15. The molecule has 0 aliphatic rings. The molecule has 2 aromatic carbocycles. The Morgan fingerprint density at radius 3 is 2.53 bits per heavy atom. The van der Waals surface area contributed by atoms with Crippen molar-refractivity contribution in [2.24, 2.45) is 0 Å². The minimum atomic E-state index is -0.351. The first-order valence-corrected chi connectivity index (χ1v) is 6.53. The van der Waals surface area contributed by atoms with Crippen LogP contribution in [0.2, 0.25) is 0 Å². The molecule has 3 rings (SSSR count). The van der Waals surface area contributed by atoms with E-state index in [1.807, 2.05) is 36.4 Å². The fourth-order valence-corrected chi connectivity index (χ4v) is 2.59. The van der Waals surface area contributed by atoms with Crippen molar-refractivity contribution < 1.29 is 0 Å². The Labute approximate surface area is 112 Å². The molecule has 0 unspecified atom stereocenters. The molecule has 0 aliphatic carbocycles. The summed E-state index contributed by atoms with van der Waals surface area (Å²) in [5.74, 6) is 0. The van der Waals surface area contributed by atoms with Gasteiger partial charge in [0.15, 0.2) is 0 Å². The first-order chi connectivity index (χ1) is 9.22. The molecule has 0 atom stereocenters. The average molecular weight is 270 g/mol. The predicted molar refractivity (Wildman–Crippen MR) is 78.4 cm³/mol. The molecule has 4 nitrogen and oxygen atoms in total. The second-order valence-corrected chi connectivity index (χ2v) is 5.06. The van der Waals surface area contributed by atoms with E-state index in [4.69, 9.17) is 0 Å². The summed E-state index contributed by atoms with van der Waals surface area (Å²) in [5.41, 5.74) is 1.41. The molecule has 19 heavy (non-hydrogen) atoms. The largest absolute Gasteiger partial charge is 0.356 e. The summed E-state index contributed by atoms with van der Waals surface area (Å²) in [5, 5.41) is 3.73. The number of para-hydroxylation sites is 1. The molecule has 1 heterocycles. The Morgan fingerprint density at radius 2 is 1.74 bits per heavy atom. The van der Waals surface area contributed by atoms with Crippen LogP contribution in [-0.4, -0.2) is 4.98 Å². The van der Waals surface area contributed by atoms with Gasteiger partial charge in [-0.2, -0.15) is 0 Å². The normalized spacial score (nSPS) is 10.5. The average Bonchev–Trinajstić information content (AvgIpc) is 2.40.